The highest BCUT2D eigenvalue weighted by Crippen LogP contribution is 2.33. The normalized spacial score (nSPS) is 19.8. The van der Waals surface area contributed by atoms with Crippen molar-refractivity contribution in [2.45, 2.75) is 51.4 Å². The van der Waals surface area contributed by atoms with Gasteiger partial charge in [-0.2, -0.15) is 0 Å². The maximum Gasteiger partial charge on any atom is 0.0843 e. The monoisotopic (exact) mass is 288 g/mol. The Morgan fingerprint density at radius 3 is 2.45 bits per heavy atom. The smallest absolute Gasteiger partial charge is 0.0843 e. The van der Waals surface area contributed by atoms with E-state index in [1.54, 1.807) is 0 Å². The molecule has 0 aliphatic heterocycles. The Labute approximate surface area is 124 Å². The second kappa shape index (κ2) is 6.73. The van der Waals surface area contributed by atoms with Gasteiger partial charge in [0, 0.05) is 5.92 Å². The van der Waals surface area contributed by atoms with Crippen LogP contribution in [0.3, 0.4) is 0 Å². The summed E-state index contributed by atoms with van der Waals surface area (Å²) in [5.74, 6) is 0.843. The molecule has 1 aromatic rings. The molecule has 0 amide bonds. The molecule has 2 heteroatoms. The van der Waals surface area contributed by atoms with Crippen LogP contribution in [0.2, 0.25) is 19.1 Å². The van der Waals surface area contributed by atoms with Crippen LogP contribution in [0.1, 0.15) is 26.2 Å². The fraction of sp³-hybridized carbons (Fsp3) is 0.556. The van der Waals surface area contributed by atoms with E-state index in [4.69, 9.17) is 0 Å². The largest absolute Gasteiger partial charge is 0.392 e. The van der Waals surface area contributed by atoms with E-state index >= 15 is 0 Å². The summed E-state index contributed by atoms with van der Waals surface area (Å²) in [6.07, 6.45) is 8.13. The third-order valence-corrected chi connectivity index (χ3v) is 7.95. The molecule has 1 fully saturated rings. The van der Waals surface area contributed by atoms with Gasteiger partial charge in [0.05, 0.1) is 14.2 Å². The number of hydrogen-bond acceptors (Lipinski definition) is 1. The molecule has 1 N–H and O–H groups in total. The van der Waals surface area contributed by atoms with E-state index in [-0.39, 0.29) is 6.10 Å². The molecular weight excluding hydrogens is 260 g/mol. The Hall–Kier alpha value is -0.863. The predicted molar refractivity (Wildman–Crippen MR) is 90.0 cm³/mol. The highest BCUT2D eigenvalue weighted by Gasteiger charge is 2.28. The van der Waals surface area contributed by atoms with E-state index in [9.17, 15) is 5.11 Å². The van der Waals surface area contributed by atoms with Crippen LogP contribution in [-0.2, 0) is 0 Å². The molecule has 0 aromatic heterocycles. The van der Waals surface area contributed by atoms with Crippen LogP contribution in [0.25, 0.3) is 0 Å². The van der Waals surface area contributed by atoms with E-state index in [0.717, 1.165) is 6.04 Å². The molecule has 2 rings (SSSR count). The summed E-state index contributed by atoms with van der Waals surface area (Å²) < 4.78 is 0. The Balaban J connectivity index is 1.88. The van der Waals surface area contributed by atoms with Gasteiger partial charge in [0.15, 0.2) is 0 Å². The lowest BCUT2D eigenvalue weighted by molar-refractivity contribution is 0.0355. The molecule has 1 aliphatic carbocycles. The van der Waals surface area contributed by atoms with Crippen LogP contribution < -0.4 is 5.19 Å². The highest BCUT2D eigenvalue weighted by atomic mass is 28.3. The first-order valence-corrected chi connectivity index (χ1v) is 11.1. The minimum absolute atomic E-state index is 0.137. The molecule has 0 heterocycles. The summed E-state index contributed by atoms with van der Waals surface area (Å²) >= 11 is 0. The fourth-order valence-electron chi connectivity index (χ4n) is 2.91. The number of aliphatic hydroxyl groups excluding tert-OH is 1. The molecule has 0 bridgehead atoms. The molecule has 2 atom stereocenters. The van der Waals surface area contributed by atoms with E-state index < -0.39 is 8.07 Å². The molecule has 1 aliphatic rings. The number of rotatable bonds is 6. The molecule has 2 unspecified atom stereocenters. The van der Waals surface area contributed by atoms with Gasteiger partial charge in [-0.3, -0.25) is 0 Å². The SMILES string of the molecule is CC(/C=C/C[Si](C)(C)c1ccccc1)C(O)C1CCC1. The average molecular weight is 289 g/mol. The van der Waals surface area contributed by atoms with Crippen molar-refractivity contribution in [2.24, 2.45) is 11.8 Å². The molecule has 0 radical (unpaired) electrons. The van der Waals surface area contributed by atoms with Crippen LogP contribution in [0.5, 0.6) is 0 Å². The first-order chi connectivity index (χ1) is 9.50. The van der Waals surface area contributed by atoms with Crippen molar-refractivity contribution < 1.29 is 5.11 Å². The zero-order valence-corrected chi connectivity index (χ0v) is 14.0. The summed E-state index contributed by atoms with van der Waals surface area (Å²) in [6, 6.07) is 12.0. The van der Waals surface area contributed by atoms with Gasteiger partial charge in [0.25, 0.3) is 0 Å². The van der Waals surface area contributed by atoms with Crippen molar-refractivity contribution in [3.8, 4) is 0 Å². The Kier molecular flexibility index (Phi) is 5.22. The zero-order valence-electron chi connectivity index (χ0n) is 13.0. The average Bonchev–Trinajstić information content (AvgIpc) is 2.37. The van der Waals surface area contributed by atoms with Gasteiger partial charge in [-0.25, -0.2) is 0 Å². The van der Waals surface area contributed by atoms with E-state index in [1.807, 2.05) is 0 Å². The third-order valence-electron chi connectivity index (χ3n) is 4.79. The molecule has 1 saturated carbocycles. The molecule has 0 saturated heterocycles. The topological polar surface area (TPSA) is 20.2 Å². The van der Waals surface area contributed by atoms with Gasteiger partial charge in [0.1, 0.15) is 0 Å². The van der Waals surface area contributed by atoms with Crippen LogP contribution in [0, 0.1) is 11.8 Å². The van der Waals surface area contributed by atoms with E-state index in [1.165, 1.54) is 24.4 Å². The highest BCUT2D eigenvalue weighted by molar-refractivity contribution is 6.90. The van der Waals surface area contributed by atoms with Crippen LogP contribution in [0.4, 0.5) is 0 Å². The minimum Gasteiger partial charge on any atom is -0.392 e. The van der Waals surface area contributed by atoms with Gasteiger partial charge < -0.3 is 5.11 Å². The maximum atomic E-state index is 10.2. The Morgan fingerprint density at radius 1 is 1.25 bits per heavy atom. The first kappa shape index (κ1) is 15.5. The third kappa shape index (κ3) is 3.83. The first-order valence-electron chi connectivity index (χ1n) is 7.91. The molecule has 110 valence electrons. The fourth-order valence-corrected chi connectivity index (χ4v) is 4.96. The van der Waals surface area contributed by atoms with Crippen molar-refractivity contribution >= 4 is 13.3 Å². The van der Waals surface area contributed by atoms with E-state index in [2.05, 4.69) is 62.5 Å². The quantitative estimate of drug-likeness (QED) is 0.620. The summed E-state index contributed by atoms with van der Waals surface area (Å²) in [7, 11) is -1.37. The standard InChI is InChI=1S/C18H28OSi/c1-15(18(19)16-10-7-11-16)9-8-14-20(2,3)17-12-5-4-6-13-17/h4-6,8-9,12-13,15-16,18-19H,7,10-11,14H2,1-3H3/b9-8+. The summed E-state index contributed by atoms with van der Waals surface area (Å²) in [5, 5.41) is 11.8. The number of benzene rings is 1. The van der Waals surface area contributed by atoms with Gasteiger partial charge in [-0.05, 0) is 24.8 Å². The molecule has 1 nitrogen and oxygen atoms in total. The molecule has 0 spiro atoms. The molecule has 20 heavy (non-hydrogen) atoms. The number of allylic oxidation sites excluding steroid dienone is 1. The predicted octanol–water partition coefficient (Wildman–Crippen LogP) is 3.96. The summed E-state index contributed by atoms with van der Waals surface area (Å²) in [5.41, 5.74) is 0. The Bertz CT molecular complexity index is 434. The van der Waals surface area contributed by atoms with Gasteiger partial charge in [-0.1, -0.05) is 74.1 Å². The second-order valence-corrected chi connectivity index (χ2v) is 11.7. The van der Waals surface area contributed by atoms with Crippen LogP contribution >= 0.6 is 0 Å². The van der Waals surface area contributed by atoms with Crippen molar-refractivity contribution in [1.29, 1.82) is 0 Å². The zero-order chi connectivity index (χ0) is 14.6. The van der Waals surface area contributed by atoms with Crippen molar-refractivity contribution in [3.05, 3.63) is 42.5 Å². The van der Waals surface area contributed by atoms with Crippen molar-refractivity contribution in [3.63, 3.8) is 0 Å². The molecular formula is C18H28OSi. The number of aliphatic hydroxyl groups is 1. The Morgan fingerprint density at radius 2 is 1.90 bits per heavy atom. The van der Waals surface area contributed by atoms with Crippen molar-refractivity contribution in [2.75, 3.05) is 0 Å². The number of hydrogen-bond donors (Lipinski definition) is 1. The molecule has 1 aromatic carbocycles. The van der Waals surface area contributed by atoms with Gasteiger partial charge >= 0.3 is 0 Å². The van der Waals surface area contributed by atoms with Crippen LogP contribution in [-0.4, -0.2) is 19.3 Å². The second-order valence-electron chi connectivity index (χ2n) is 6.92. The summed E-state index contributed by atoms with van der Waals surface area (Å²) in [4.78, 5) is 0. The lowest BCUT2D eigenvalue weighted by Crippen LogP contribution is -2.40. The maximum absolute atomic E-state index is 10.2. The lowest BCUT2D eigenvalue weighted by Gasteiger charge is -2.33. The lowest BCUT2D eigenvalue weighted by atomic mass is 9.77. The van der Waals surface area contributed by atoms with E-state index in [0.29, 0.717) is 11.8 Å². The van der Waals surface area contributed by atoms with Crippen LogP contribution in [0.15, 0.2) is 42.5 Å². The summed E-state index contributed by atoms with van der Waals surface area (Å²) in [6.45, 7) is 6.98. The van der Waals surface area contributed by atoms with Gasteiger partial charge in [0.2, 0.25) is 0 Å². The minimum atomic E-state index is -1.37. The van der Waals surface area contributed by atoms with Crippen molar-refractivity contribution in [1.82, 2.24) is 0 Å². The van der Waals surface area contributed by atoms with Gasteiger partial charge in [-0.15, -0.1) is 0 Å².